The van der Waals surface area contributed by atoms with E-state index >= 15 is 0 Å². The van der Waals surface area contributed by atoms with Crippen LogP contribution in [0.25, 0.3) is 0 Å². The van der Waals surface area contributed by atoms with Gasteiger partial charge in [0.15, 0.2) is 0 Å². The van der Waals surface area contributed by atoms with Crippen LogP contribution in [0.5, 0.6) is 5.88 Å². The SMILES string of the molecule is COc1ccnc(NCc2cscc2C)n1. The van der Waals surface area contributed by atoms with Gasteiger partial charge in [0.1, 0.15) is 0 Å². The molecule has 2 rings (SSSR count). The Morgan fingerprint density at radius 1 is 1.44 bits per heavy atom. The fourth-order valence-corrected chi connectivity index (χ4v) is 2.14. The Kier molecular flexibility index (Phi) is 3.36. The highest BCUT2D eigenvalue weighted by atomic mass is 32.1. The molecule has 2 aromatic rings. The van der Waals surface area contributed by atoms with Gasteiger partial charge in [0.2, 0.25) is 11.8 Å². The smallest absolute Gasteiger partial charge is 0.226 e. The highest BCUT2D eigenvalue weighted by molar-refractivity contribution is 7.08. The number of nitrogens with zero attached hydrogens (tertiary/aromatic N) is 2. The van der Waals surface area contributed by atoms with Crippen molar-refractivity contribution in [3.8, 4) is 5.88 Å². The third-order valence-electron chi connectivity index (χ3n) is 2.24. The number of thiophene rings is 1. The summed E-state index contributed by atoms with van der Waals surface area (Å²) in [7, 11) is 1.59. The van der Waals surface area contributed by atoms with Crippen LogP contribution < -0.4 is 10.1 Å². The molecule has 5 heteroatoms. The average molecular weight is 235 g/mol. The van der Waals surface area contributed by atoms with Crippen molar-refractivity contribution in [1.82, 2.24) is 9.97 Å². The van der Waals surface area contributed by atoms with Crippen LogP contribution in [-0.4, -0.2) is 17.1 Å². The van der Waals surface area contributed by atoms with Crippen molar-refractivity contribution in [3.63, 3.8) is 0 Å². The van der Waals surface area contributed by atoms with Gasteiger partial charge >= 0.3 is 0 Å². The first-order valence-corrected chi connectivity index (χ1v) is 5.86. The van der Waals surface area contributed by atoms with Crippen molar-refractivity contribution in [1.29, 1.82) is 0 Å². The van der Waals surface area contributed by atoms with E-state index < -0.39 is 0 Å². The number of aromatic nitrogens is 2. The summed E-state index contributed by atoms with van der Waals surface area (Å²) >= 11 is 1.70. The zero-order chi connectivity index (χ0) is 11.4. The molecule has 1 N–H and O–H groups in total. The van der Waals surface area contributed by atoms with Gasteiger partial charge in [-0.15, -0.1) is 0 Å². The molecule has 0 fully saturated rings. The van der Waals surface area contributed by atoms with E-state index in [1.165, 1.54) is 11.1 Å². The molecule has 4 nitrogen and oxygen atoms in total. The summed E-state index contributed by atoms with van der Waals surface area (Å²) in [5, 5.41) is 7.42. The molecule has 0 aliphatic rings. The van der Waals surface area contributed by atoms with Gasteiger partial charge in [0.25, 0.3) is 0 Å². The lowest BCUT2D eigenvalue weighted by atomic mass is 10.2. The Bertz CT molecular complexity index is 470. The van der Waals surface area contributed by atoms with Crippen molar-refractivity contribution in [2.24, 2.45) is 0 Å². The van der Waals surface area contributed by atoms with Crippen molar-refractivity contribution >= 4 is 17.3 Å². The largest absolute Gasteiger partial charge is 0.481 e. The lowest BCUT2D eigenvalue weighted by Crippen LogP contribution is -2.04. The highest BCUT2D eigenvalue weighted by Crippen LogP contribution is 2.15. The van der Waals surface area contributed by atoms with Crippen LogP contribution in [0.4, 0.5) is 5.95 Å². The molecule has 0 aliphatic heterocycles. The molecule has 0 aromatic carbocycles. The second kappa shape index (κ2) is 4.94. The molecule has 2 heterocycles. The van der Waals surface area contributed by atoms with E-state index in [0.717, 1.165) is 6.54 Å². The summed E-state index contributed by atoms with van der Waals surface area (Å²) in [6.07, 6.45) is 1.68. The van der Waals surface area contributed by atoms with Crippen LogP contribution in [0.1, 0.15) is 11.1 Å². The Balaban J connectivity index is 2.02. The molecule has 0 radical (unpaired) electrons. The van der Waals surface area contributed by atoms with E-state index in [1.54, 1.807) is 30.7 Å². The minimum atomic E-state index is 0.569. The summed E-state index contributed by atoms with van der Waals surface area (Å²) in [6, 6.07) is 1.72. The number of rotatable bonds is 4. The maximum atomic E-state index is 5.03. The fraction of sp³-hybridized carbons (Fsp3) is 0.273. The quantitative estimate of drug-likeness (QED) is 0.884. The lowest BCUT2D eigenvalue weighted by molar-refractivity contribution is 0.397. The zero-order valence-electron chi connectivity index (χ0n) is 9.23. The number of ether oxygens (including phenoxy) is 1. The van der Waals surface area contributed by atoms with Crippen LogP contribution >= 0.6 is 11.3 Å². The van der Waals surface area contributed by atoms with Gasteiger partial charge in [-0.25, -0.2) is 4.98 Å². The van der Waals surface area contributed by atoms with Gasteiger partial charge in [0.05, 0.1) is 7.11 Å². The number of methoxy groups -OCH3 is 1. The molecule has 0 saturated carbocycles. The molecule has 0 spiro atoms. The molecule has 0 unspecified atom stereocenters. The third-order valence-corrected chi connectivity index (χ3v) is 3.15. The van der Waals surface area contributed by atoms with Crippen LogP contribution in [-0.2, 0) is 6.54 Å². The van der Waals surface area contributed by atoms with Gasteiger partial charge in [-0.3, -0.25) is 0 Å². The van der Waals surface area contributed by atoms with Crippen LogP contribution in [0.2, 0.25) is 0 Å². The first kappa shape index (κ1) is 10.9. The van der Waals surface area contributed by atoms with E-state index in [4.69, 9.17) is 4.74 Å². The predicted molar refractivity (Wildman–Crippen MR) is 65.0 cm³/mol. The van der Waals surface area contributed by atoms with E-state index in [2.05, 4.69) is 33.0 Å². The Labute approximate surface area is 98.3 Å². The normalized spacial score (nSPS) is 10.1. The first-order valence-electron chi connectivity index (χ1n) is 4.92. The minimum Gasteiger partial charge on any atom is -0.481 e. The minimum absolute atomic E-state index is 0.569. The van der Waals surface area contributed by atoms with Gasteiger partial charge in [-0.2, -0.15) is 16.3 Å². The van der Waals surface area contributed by atoms with Crippen molar-refractivity contribution in [3.05, 3.63) is 34.2 Å². The molecule has 16 heavy (non-hydrogen) atoms. The van der Waals surface area contributed by atoms with E-state index in [0.29, 0.717) is 11.8 Å². The first-order chi connectivity index (χ1) is 7.79. The van der Waals surface area contributed by atoms with E-state index in [-0.39, 0.29) is 0 Å². The third kappa shape index (κ3) is 2.49. The number of hydrogen-bond donors (Lipinski definition) is 1. The molecule has 2 aromatic heterocycles. The Morgan fingerprint density at radius 3 is 3.00 bits per heavy atom. The molecular formula is C11H13N3OS. The molecule has 84 valence electrons. The predicted octanol–water partition coefficient (Wildman–Crippen LogP) is 2.47. The van der Waals surface area contributed by atoms with Crippen LogP contribution in [0, 0.1) is 6.92 Å². The molecule has 0 saturated heterocycles. The maximum absolute atomic E-state index is 5.03. The Hall–Kier alpha value is -1.62. The summed E-state index contributed by atoms with van der Waals surface area (Å²) in [6.45, 7) is 2.84. The number of hydrogen-bond acceptors (Lipinski definition) is 5. The van der Waals surface area contributed by atoms with Gasteiger partial charge < -0.3 is 10.1 Å². The van der Waals surface area contributed by atoms with Crippen LogP contribution in [0.15, 0.2) is 23.0 Å². The molecule has 0 amide bonds. The standard InChI is InChI=1S/C11H13N3OS/c1-8-6-16-7-9(8)5-13-11-12-4-3-10(14-11)15-2/h3-4,6-7H,5H2,1-2H3,(H,12,13,14). The molecular weight excluding hydrogens is 222 g/mol. The topological polar surface area (TPSA) is 47.0 Å². The summed E-state index contributed by atoms with van der Waals surface area (Å²) in [5.41, 5.74) is 2.57. The van der Waals surface area contributed by atoms with Gasteiger partial charge in [-0.1, -0.05) is 0 Å². The van der Waals surface area contributed by atoms with E-state index in [9.17, 15) is 0 Å². The molecule has 0 bridgehead atoms. The lowest BCUT2D eigenvalue weighted by Gasteiger charge is -2.05. The second-order valence-corrected chi connectivity index (χ2v) is 4.10. The fourth-order valence-electron chi connectivity index (χ4n) is 1.28. The van der Waals surface area contributed by atoms with Gasteiger partial charge in [0, 0.05) is 18.8 Å². The number of anilines is 1. The van der Waals surface area contributed by atoms with E-state index in [1.807, 2.05) is 0 Å². The average Bonchev–Trinajstić information content (AvgIpc) is 2.72. The summed E-state index contributed by atoms with van der Waals surface area (Å²) in [4.78, 5) is 8.30. The molecule has 0 atom stereocenters. The number of aryl methyl sites for hydroxylation is 1. The summed E-state index contributed by atoms with van der Waals surface area (Å²) < 4.78 is 5.03. The van der Waals surface area contributed by atoms with Gasteiger partial charge in [-0.05, 0) is 28.8 Å². The number of nitrogens with one attached hydrogen (secondary N) is 1. The van der Waals surface area contributed by atoms with Crippen LogP contribution in [0.3, 0.4) is 0 Å². The Morgan fingerprint density at radius 2 is 2.31 bits per heavy atom. The molecule has 0 aliphatic carbocycles. The zero-order valence-corrected chi connectivity index (χ0v) is 10.0. The van der Waals surface area contributed by atoms with Crippen molar-refractivity contribution in [2.45, 2.75) is 13.5 Å². The second-order valence-electron chi connectivity index (χ2n) is 3.36. The monoisotopic (exact) mass is 235 g/mol. The summed E-state index contributed by atoms with van der Waals surface area (Å²) in [5.74, 6) is 1.16. The maximum Gasteiger partial charge on any atom is 0.226 e. The van der Waals surface area contributed by atoms with Crippen molar-refractivity contribution < 1.29 is 4.74 Å². The van der Waals surface area contributed by atoms with Crippen molar-refractivity contribution in [2.75, 3.05) is 12.4 Å². The highest BCUT2D eigenvalue weighted by Gasteiger charge is 2.01.